The van der Waals surface area contributed by atoms with Crippen LogP contribution in [0.15, 0.2) is 0 Å². The zero-order valence-electron chi connectivity index (χ0n) is 13.5. The molecule has 0 aliphatic carbocycles. The first-order chi connectivity index (χ1) is 11.2. The molecule has 2 aliphatic heterocycles. The van der Waals surface area contributed by atoms with Crippen molar-refractivity contribution in [1.29, 1.82) is 0 Å². The van der Waals surface area contributed by atoms with Gasteiger partial charge < -0.3 is 28.4 Å². The molecule has 6 atom stereocenters. The summed E-state index contributed by atoms with van der Waals surface area (Å²) in [5, 5.41) is 0. The quantitative estimate of drug-likeness (QED) is 0.482. The lowest BCUT2D eigenvalue weighted by atomic mass is 9.99. The van der Waals surface area contributed by atoms with Crippen LogP contribution in [0.5, 0.6) is 0 Å². The molecule has 0 aromatic heterocycles. The first-order valence-corrected chi connectivity index (χ1v) is 7.19. The van der Waals surface area contributed by atoms with Crippen LogP contribution in [-0.4, -0.2) is 60.9 Å². The van der Waals surface area contributed by atoms with Gasteiger partial charge in [0.2, 0.25) is 12.6 Å². The highest BCUT2D eigenvalue weighted by Crippen LogP contribution is 2.37. The molecule has 2 bridgehead atoms. The molecule has 0 spiro atoms. The zero-order valence-corrected chi connectivity index (χ0v) is 13.5. The molecule has 2 rings (SSSR count). The average molecular weight is 346 g/mol. The highest BCUT2D eigenvalue weighted by atomic mass is 16.8. The van der Waals surface area contributed by atoms with Gasteiger partial charge in [0.1, 0.15) is 0 Å². The fourth-order valence-corrected chi connectivity index (χ4v) is 2.60. The van der Waals surface area contributed by atoms with Crippen LogP contribution in [0.25, 0.3) is 0 Å². The van der Waals surface area contributed by atoms with Crippen LogP contribution in [-0.2, 0) is 47.6 Å². The average Bonchev–Trinajstić information content (AvgIpc) is 2.77. The van der Waals surface area contributed by atoms with E-state index in [2.05, 4.69) is 0 Å². The predicted octanol–water partition coefficient (Wildman–Crippen LogP) is -0.574. The number of rotatable bonds is 4. The Hall–Kier alpha value is -2.20. The van der Waals surface area contributed by atoms with Gasteiger partial charge in [-0.15, -0.1) is 0 Å². The van der Waals surface area contributed by atoms with Gasteiger partial charge in [-0.05, 0) is 0 Å². The lowest BCUT2D eigenvalue weighted by molar-refractivity contribution is -0.250. The molecule has 0 unspecified atom stereocenters. The molecule has 0 radical (unpaired) electrons. The smallest absolute Gasteiger partial charge is 0.305 e. The van der Waals surface area contributed by atoms with Crippen LogP contribution >= 0.6 is 0 Å². The molecular weight excluding hydrogens is 328 g/mol. The van der Waals surface area contributed by atoms with Crippen LogP contribution in [0.3, 0.4) is 0 Å². The summed E-state index contributed by atoms with van der Waals surface area (Å²) in [5.41, 5.74) is 0. The molecule has 2 heterocycles. The molecule has 2 fully saturated rings. The summed E-state index contributed by atoms with van der Waals surface area (Å²) < 4.78 is 31.3. The van der Waals surface area contributed by atoms with E-state index in [-0.39, 0.29) is 0 Å². The first kappa shape index (κ1) is 18.1. The van der Waals surface area contributed by atoms with Crippen LogP contribution in [0.2, 0.25) is 0 Å². The van der Waals surface area contributed by atoms with Gasteiger partial charge in [-0.2, -0.15) is 0 Å². The van der Waals surface area contributed by atoms with E-state index < -0.39 is 60.9 Å². The number of fused-ring (bicyclic) bond motifs is 2. The van der Waals surface area contributed by atoms with Gasteiger partial charge in [-0.25, -0.2) is 0 Å². The van der Waals surface area contributed by atoms with Gasteiger partial charge in [0, 0.05) is 27.7 Å². The van der Waals surface area contributed by atoms with Gasteiger partial charge in [0.15, 0.2) is 24.4 Å². The summed E-state index contributed by atoms with van der Waals surface area (Å²) in [4.78, 5) is 45.3. The topological polar surface area (TPSA) is 124 Å². The second kappa shape index (κ2) is 7.14. The summed E-state index contributed by atoms with van der Waals surface area (Å²) in [6, 6.07) is 0. The highest BCUT2D eigenvalue weighted by Gasteiger charge is 2.61. The minimum Gasteiger partial charge on any atom is -0.455 e. The normalized spacial score (nSPS) is 34.2. The van der Waals surface area contributed by atoms with Gasteiger partial charge in [0.05, 0.1) is 0 Å². The Bertz CT molecular complexity index is 544. The van der Waals surface area contributed by atoms with Gasteiger partial charge in [-0.3, -0.25) is 19.2 Å². The van der Waals surface area contributed by atoms with Crippen molar-refractivity contribution in [3.63, 3.8) is 0 Å². The van der Waals surface area contributed by atoms with E-state index in [9.17, 15) is 19.2 Å². The summed E-state index contributed by atoms with van der Waals surface area (Å²) >= 11 is 0. The van der Waals surface area contributed by atoms with Crippen molar-refractivity contribution in [2.75, 3.05) is 0 Å². The fraction of sp³-hybridized carbons (Fsp3) is 0.714. The van der Waals surface area contributed by atoms with Gasteiger partial charge >= 0.3 is 23.9 Å². The lowest BCUT2D eigenvalue weighted by Crippen LogP contribution is -2.59. The predicted molar refractivity (Wildman–Crippen MR) is 72.0 cm³/mol. The van der Waals surface area contributed by atoms with E-state index in [1.54, 1.807) is 0 Å². The van der Waals surface area contributed by atoms with E-state index in [1.165, 1.54) is 6.92 Å². The van der Waals surface area contributed by atoms with Crippen LogP contribution < -0.4 is 0 Å². The van der Waals surface area contributed by atoms with Gasteiger partial charge in [-0.1, -0.05) is 0 Å². The Balaban J connectivity index is 2.34. The van der Waals surface area contributed by atoms with E-state index in [0.717, 1.165) is 20.8 Å². The van der Waals surface area contributed by atoms with Crippen LogP contribution in [0.4, 0.5) is 0 Å². The van der Waals surface area contributed by atoms with Crippen molar-refractivity contribution in [3.05, 3.63) is 0 Å². The van der Waals surface area contributed by atoms with Crippen molar-refractivity contribution < 1.29 is 47.6 Å². The Labute approximate surface area is 137 Å². The Morgan fingerprint density at radius 1 is 0.625 bits per heavy atom. The number of ether oxygens (including phenoxy) is 6. The van der Waals surface area contributed by atoms with Crippen molar-refractivity contribution in [3.8, 4) is 0 Å². The number of esters is 4. The molecule has 10 nitrogen and oxygen atoms in total. The van der Waals surface area contributed by atoms with E-state index in [1.807, 2.05) is 0 Å². The van der Waals surface area contributed by atoms with E-state index in [0.29, 0.717) is 0 Å². The highest BCUT2D eigenvalue weighted by molar-refractivity contribution is 5.68. The third-order valence-electron chi connectivity index (χ3n) is 3.26. The summed E-state index contributed by atoms with van der Waals surface area (Å²) in [6.45, 7) is 4.61. The molecule has 2 aliphatic rings. The molecule has 0 aromatic rings. The molecule has 10 heteroatoms. The molecule has 0 saturated carbocycles. The third-order valence-corrected chi connectivity index (χ3v) is 3.26. The molecular formula is C14H18O10. The second-order valence-corrected chi connectivity index (χ2v) is 5.31. The molecule has 0 aromatic carbocycles. The SMILES string of the molecule is CC(=O)O[C@@H]1O[C@@H]2O[C@H]1[C@@H](OC(C)=O)[C@H](OC(C)=O)[C@H]2OC(C)=O. The maximum Gasteiger partial charge on any atom is 0.305 e. The number of carbonyl (C=O) groups excluding carboxylic acids is 4. The molecule has 134 valence electrons. The third kappa shape index (κ3) is 4.01. The first-order valence-electron chi connectivity index (χ1n) is 7.19. The minimum atomic E-state index is -1.20. The number of hydrogen-bond donors (Lipinski definition) is 0. The monoisotopic (exact) mass is 346 g/mol. The van der Waals surface area contributed by atoms with Crippen molar-refractivity contribution >= 4 is 23.9 Å². The molecule has 0 amide bonds. The van der Waals surface area contributed by atoms with Crippen molar-refractivity contribution in [1.82, 2.24) is 0 Å². The lowest BCUT2D eigenvalue weighted by Gasteiger charge is -2.38. The Morgan fingerprint density at radius 2 is 1.08 bits per heavy atom. The Morgan fingerprint density at radius 3 is 1.58 bits per heavy atom. The second-order valence-electron chi connectivity index (χ2n) is 5.31. The standard InChI is InChI=1S/C14H18O10/c1-5(15)19-9-10(20-6(2)16)12-13(22-8(4)18)24-14(23-12)11(9)21-7(3)17/h9-14H,1-4H3/t9-,10-,11+,12-,13+,14-/m0/s1. The van der Waals surface area contributed by atoms with E-state index in [4.69, 9.17) is 28.4 Å². The van der Waals surface area contributed by atoms with Crippen molar-refractivity contribution in [2.45, 2.75) is 64.7 Å². The Kier molecular flexibility index (Phi) is 5.40. The van der Waals surface area contributed by atoms with Crippen LogP contribution in [0.1, 0.15) is 27.7 Å². The maximum atomic E-state index is 11.4. The van der Waals surface area contributed by atoms with Crippen molar-refractivity contribution in [2.24, 2.45) is 0 Å². The van der Waals surface area contributed by atoms with E-state index >= 15 is 0 Å². The fourth-order valence-electron chi connectivity index (χ4n) is 2.60. The van der Waals surface area contributed by atoms with Crippen LogP contribution in [0, 0.1) is 0 Å². The minimum absolute atomic E-state index is 0.647. The molecule has 24 heavy (non-hydrogen) atoms. The number of hydrogen-bond acceptors (Lipinski definition) is 10. The molecule has 2 saturated heterocycles. The largest absolute Gasteiger partial charge is 0.455 e. The number of carbonyl (C=O) groups is 4. The summed E-state index contributed by atoms with van der Waals surface area (Å²) in [5.74, 6) is -2.69. The molecule has 0 N–H and O–H groups in total. The zero-order chi connectivity index (χ0) is 18.0. The summed E-state index contributed by atoms with van der Waals surface area (Å²) in [6.07, 6.45) is -6.90. The van der Waals surface area contributed by atoms with Gasteiger partial charge in [0.25, 0.3) is 0 Å². The maximum absolute atomic E-state index is 11.4. The summed E-state index contributed by atoms with van der Waals surface area (Å²) in [7, 11) is 0.